The van der Waals surface area contributed by atoms with Crippen LogP contribution in [0.25, 0.3) is 0 Å². The number of halogens is 1. The van der Waals surface area contributed by atoms with Crippen molar-refractivity contribution >= 4 is 33.1 Å². The molecule has 0 aliphatic carbocycles. The molecule has 82 valence electrons. The molecule has 0 spiro atoms. The molecule has 0 amide bonds. The fourth-order valence-corrected chi connectivity index (χ4v) is 2.26. The highest BCUT2D eigenvalue weighted by atomic mass is 35.5. The van der Waals surface area contributed by atoms with Gasteiger partial charge in [0.05, 0.1) is 15.6 Å². The average Bonchev–Trinajstić information content (AvgIpc) is 2.07. The zero-order valence-corrected chi connectivity index (χ0v) is 9.05. The van der Waals surface area contributed by atoms with Crippen molar-refractivity contribution in [2.45, 2.75) is 4.90 Å². The van der Waals surface area contributed by atoms with Gasteiger partial charge >= 0.3 is 5.97 Å². The molecule has 5 nitrogen and oxygen atoms in total. The summed E-state index contributed by atoms with van der Waals surface area (Å²) in [6.45, 7) is 0. The van der Waals surface area contributed by atoms with E-state index in [1.165, 1.54) is 12.1 Å². The van der Waals surface area contributed by atoms with Crippen LogP contribution < -0.4 is 5.73 Å². The zero-order chi connectivity index (χ0) is 11.6. The first-order chi connectivity index (χ1) is 6.83. The molecule has 0 saturated heterocycles. The largest absolute Gasteiger partial charge is 0.480 e. The minimum absolute atomic E-state index is 0.0847. The summed E-state index contributed by atoms with van der Waals surface area (Å²) in [6, 6.07) is 3.67. The lowest BCUT2D eigenvalue weighted by Crippen LogP contribution is -2.15. The van der Waals surface area contributed by atoms with Crippen molar-refractivity contribution in [3.8, 4) is 0 Å². The van der Waals surface area contributed by atoms with Crippen molar-refractivity contribution < 1.29 is 18.3 Å². The molecule has 0 heterocycles. The summed E-state index contributed by atoms with van der Waals surface area (Å²) in [4.78, 5) is 10.2. The molecule has 0 aliphatic heterocycles. The molecule has 7 heteroatoms. The smallest absolute Gasteiger partial charge is 0.319 e. The van der Waals surface area contributed by atoms with Gasteiger partial charge in [-0.3, -0.25) is 4.79 Å². The lowest BCUT2D eigenvalue weighted by Gasteiger charge is -2.03. The standard InChI is InChI=1S/C8H8ClNO4S/c9-6-3-5(1-2-7(6)10)15(13,14)4-8(11)12/h1-3H,4,10H2,(H,11,12). The molecule has 1 aromatic rings. The Morgan fingerprint density at radius 2 is 2.07 bits per heavy atom. The number of nitrogen functional groups attached to an aromatic ring is 1. The highest BCUT2D eigenvalue weighted by Gasteiger charge is 2.19. The highest BCUT2D eigenvalue weighted by molar-refractivity contribution is 7.92. The van der Waals surface area contributed by atoms with E-state index in [9.17, 15) is 13.2 Å². The Bertz CT molecular complexity index is 497. The molecule has 0 aliphatic rings. The fourth-order valence-electron chi connectivity index (χ4n) is 0.947. The number of nitrogens with two attached hydrogens (primary N) is 1. The minimum atomic E-state index is -3.84. The number of hydrogen-bond acceptors (Lipinski definition) is 4. The average molecular weight is 250 g/mol. The van der Waals surface area contributed by atoms with Gasteiger partial charge in [-0.1, -0.05) is 11.6 Å². The van der Waals surface area contributed by atoms with Gasteiger partial charge in [-0.25, -0.2) is 8.42 Å². The van der Waals surface area contributed by atoms with Crippen molar-refractivity contribution in [2.75, 3.05) is 11.5 Å². The molecule has 0 radical (unpaired) electrons. The zero-order valence-electron chi connectivity index (χ0n) is 7.47. The first kappa shape index (κ1) is 11.8. The van der Waals surface area contributed by atoms with E-state index < -0.39 is 21.6 Å². The normalized spacial score (nSPS) is 11.3. The van der Waals surface area contributed by atoms with E-state index >= 15 is 0 Å². The second kappa shape index (κ2) is 4.08. The van der Waals surface area contributed by atoms with Crippen LogP contribution in [0.15, 0.2) is 23.1 Å². The monoisotopic (exact) mass is 249 g/mol. The number of sulfone groups is 1. The fraction of sp³-hybridized carbons (Fsp3) is 0.125. The number of rotatable bonds is 3. The van der Waals surface area contributed by atoms with Gasteiger partial charge in [0.25, 0.3) is 0 Å². The van der Waals surface area contributed by atoms with Crippen LogP contribution in [0.4, 0.5) is 5.69 Å². The van der Waals surface area contributed by atoms with Crippen LogP contribution >= 0.6 is 11.6 Å². The van der Waals surface area contributed by atoms with Crippen molar-refractivity contribution in [3.05, 3.63) is 23.2 Å². The number of hydrogen-bond donors (Lipinski definition) is 2. The maximum atomic E-state index is 11.4. The lowest BCUT2D eigenvalue weighted by atomic mass is 10.3. The minimum Gasteiger partial charge on any atom is -0.480 e. The Balaban J connectivity index is 3.17. The van der Waals surface area contributed by atoms with Gasteiger partial charge in [-0.05, 0) is 18.2 Å². The SMILES string of the molecule is Nc1ccc(S(=O)(=O)CC(=O)O)cc1Cl. The summed E-state index contributed by atoms with van der Waals surface area (Å²) in [5.74, 6) is -2.38. The maximum absolute atomic E-state index is 11.4. The first-order valence-electron chi connectivity index (χ1n) is 3.82. The topological polar surface area (TPSA) is 97.5 Å². The van der Waals surface area contributed by atoms with Crippen molar-refractivity contribution in [3.63, 3.8) is 0 Å². The van der Waals surface area contributed by atoms with E-state index in [2.05, 4.69) is 0 Å². The predicted octanol–water partition coefficient (Wildman–Crippen LogP) is 0.780. The molecule has 1 aromatic carbocycles. The predicted molar refractivity (Wildman–Crippen MR) is 55.6 cm³/mol. The maximum Gasteiger partial charge on any atom is 0.319 e. The third-order valence-corrected chi connectivity index (χ3v) is 3.57. The first-order valence-corrected chi connectivity index (χ1v) is 5.85. The molecular weight excluding hydrogens is 242 g/mol. The molecule has 0 aromatic heterocycles. The number of benzene rings is 1. The molecule has 0 saturated carbocycles. The molecule has 0 bridgehead atoms. The van der Waals surface area contributed by atoms with Gasteiger partial charge in [0.2, 0.25) is 0 Å². The van der Waals surface area contributed by atoms with Crippen LogP contribution in [0.2, 0.25) is 5.02 Å². The molecule has 1 rings (SSSR count). The van der Waals surface area contributed by atoms with Gasteiger partial charge < -0.3 is 10.8 Å². The molecule has 15 heavy (non-hydrogen) atoms. The molecule has 0 unspecified atom stereocenters. The van der Waals surface area contributed by atoms with Crippen molar-refractivity contribution in [1.82, 2.24) is 0 Å². The Labute approximate surface area is 91.4 Å². The number of anilines is 1. The Morgan fingerprint density at radius 3 is 2.53 bits per heavy atom. The van der Waals surface area contributed by atoms with E-state index in [1.807, 2.05) is 0 Å². The van der Waals surface area contributed by atoms with E-state index in [1.54, 1.807) is 0 Å². The summed E-state index contributed by atoms with van der Waals surface area (Å²) in [5, 5.41) is 8.48. The summed E-state index contributed by atoms with van der Waals surface area (Å²) in [5.41, 5.74) is 5.63. The molecular formula is C8H8ClNO4S. The summed E-state index contributed by atoms with van der Waals surface area (Å²) in [6.07, 6.45) is 0. The number of aliphatic carboxylic acids is 1. The number of carboxylic acid groups (broad SMARTS) is 1. The second-order valence-corrected chi connectivity index (χ2v) is 5.23. The molecule has 0 atom stereocenters. The Morgan fingerprint density at radius 1 is 1.47 bits per heavy atom. The highest BCUT2D eigenvalue weighted by Crippen LogP contribution is 2.22. The van der Waals surface area contributed by atoms with Crippen molar-refractivity contribution in [2.24, 2.45) is 0 Å². The summed E-state index contributed by atoms with van der Waals surface area (Å²) >= 11 is 5.62. The summed E-state index contributed by atoms with van der Waals surface area (Å²) in [7, 11) is -3.84. The molecule has 3 N–H and O–H groups in total. The van der Waals surface area contributed by atoms with E-state index in [-0.39, 0.29) is 15.6 Å². The van der Waals surface area contributed by atoms with E-state index in [4.69, 9.17) is 22.4 Å². The summed E-state index contributed by atoms with van der Waals surface area (Å²) < 4.78 is 22.9. The Hall–Kier alpha value is -1.27. The van der Waals surface area contributed by atoms with Gasteiger partial charge in [-0.15, -0.1) is 0 Å². The van der Waals surface area contributed by atoms with Crippen LogP contribution in [0.1, 0.15) is 0 Å². The van der Waals surface area contributed by atoms with Gasteiger partial charge in [0, 0.05) is 0 Å². The van der Waals surface area contributed by atoms with Crippen LogP contribution in [-0.2, 0) is 14.6 Å². The van der Waals surface area contributed by atoms with E-state index in [0.29, 0.717) is 0 Å². The van der Waals surface area contributed by atoms with E-state index in [0.717, 1.165) is 6.07 Å². The Kier molecular flexibility index (Phi) is 3.21. The van der Waals surface area contributed by atoms with Gasteiger partial charge in [-0.2, -0.15) is 0 Å². The third kappa shape index (κ3) is 2.84. The second-order valence-electron chi connectivity index (χ2n) is 2.84. The van der Waals surface area contributed by atoms with Crippen LogP contribution in [0.5, 0.6) is 0 Å². The van der Waals surface area contributed by atoms with Crippen LogP contribution in [0, 0.1) is 0 Å². The quantitative estimate of drug-likeness (QED) is 0.772. The van der Waals surface area contributed by atoms with Gasteiger partial charge in [0.1, 0.15) is 0 Å². The number of carbonyl (C=O) groups is 1. The van der Waals surface area contributed by atoms with Crippen LogP contribution in [0.3, 0.4) is 0 Å². The molecule has 0 fully saturated rings. The van der Waals surface area contributed by atoms with Crippen molar-refractivity contribution in [1.29, 1.82) is 0 Å². The lowest BCUT2D eigenvalue weighted by molar-refractivity contribution is -0.134. The number of carboxylic acids is 1. The van der Waals surface area contributed by atoms with Crippen LogP contribution in [-0.4, -0.2) is 25.2 Å². The third-order valence-electron chi connectivity index (χ3n) is 1.64. The van der Waals surface area contributed by atoms with Gasteiger partial charge in [0.15, 0.2) is 15.6 Å².